The van der Waals surface area contributed by atoms with Gasteiger partial charge in [-0.15, -0.1) is 0 Å². The molecule has 2 rings (SSSR count). The van der Waals surface area contributed by atoms with Gasteiger partial charge in [0.2, 0.25) is 0 Å². The number of nitrogens with one attached hydrogen (secondary N) is 1. The fourth-order valence-electron chi connectivity index (χ4n) is 2.51. The molecule has 0 aliphatic carbocycles. The Morgan fingerprint density at radius 3 is 3.00 bits per heavy atom. The number of aryl methyl sites for hydroxylation is 3. The molecule has 1 aliphatic rings. The predicted octanol–water partition coefficient (Wildman–Crippen LogP) is 0.810. The van der Waals surface area contributed by atoms with Gasteiger partial charge in [-0.25, -0.2) is 0 Å². The van der Waals surface area contributed by atoms with Crippen LogP contribution < -0.4 is 5.32 Å². The highest BCUT2D eigenvalue weighted by molar-refractivity contribution is 5.06. The Labute approximate surface area is 115 Å². The van der Waals surface area contributed by atoms with E-state index in [-0.39, 0.29) is 0 Å². The van der Waals surface area contributed by atoms with Crippen molar-refractivity contribution in [3.8, 4) is 0 Å². The highest BCUT2D eigenvalue weighted by Crippen LogP contribution is 2.03. The number of rotatable bonds is 6. The van der Waals surface area contributed by atoms with E-state index in [0.29, 0.717) is 6.10 Å². The molecule has 1 aliphatic heterocycles. The molecule has 0 bridgehead atoms. The first kappa shape index (κ1) is 14.5. The van der Waals surface area contributed by atoms with E-state index >= 15 is 0 Å². The summed E-state index contributed by atoms with van der Waals surface area (Å²) in [7, 11) is 2.15. The average Bonchev–Trinajstić information content (AvgIpc) is 2.68. The fourth-order valence-corrected chi connectivity index (χ4v) is 2.51. The molecule has 108 valence electrons. The lowest BCUT2D eigenvalue weighted by Crippen LogP contribution is -2.45. The second-order valence-electron chi connectivity index (χ2n) is 5.46. The van der Waals surface area contributed by atoms with Gasteiger partial charge in [0.15, 0.2) is 0 Å². The molecule has 0 aromatic carbocycles. The first-order chi connectivity index (χ1) is 9.15. The fraction of sp³-hybridized carbons (Fsp3) is 0.786. The number of hydrogen-bond donors (Lipinski definition) is 1. The Balaban J connectivity index is 1.58. The molecule has 0 amide bonds. The molecule has 1 fully saturated rings. The summed E-state index contributed by atoms with van der Waals surface area (Å²) < 4.78 is 7.80. The Morgan fingerprint density at radius 1 is 1.47 bits per heavy atom. The van der Waals surface area contributed by atoms with Crippen LogP contribution in [0, 0.1) is 13.8 Å². The van der Waals surface area contributed by atoms with E-state index in [1.54, 1.807) is 0 Å². The number of morpholine rings is 1. The number of likely N-dealkylation sites (N-methyl/N-ethyl adjacent to an activating group) is 1. The topological polar surface area (TPSA) is 42.3 Å². The van der Waals surface area contributed by atoms with Crippen LogP contribution in [0.4, 0.5) is 0 Å². The van der Waals surface area contributed by atoms with Crippen LogP contribution in [0.15, 0.2) is 6.07 Å². The summed E-state index contributed by atoms with van der Waals surface area (Å²) in [5, 5.41) is 7.94. The van der Waals surface area contributed by atoms with Crippen molar-refractivity contribution in [3.63, 3.8) is 0 Å². The Hall–Kier alpha value is -0.910. The van der Waals surface area contributed by atoms with Gasteiger partial charge in [-0.1, -0.05) is 0 Å². The summed E-state index contributed by atoms with van der Waals surface area (Å²) in [6, 6.07) is 2.12. The summed E-state index contributed by atoms with van der Waals surface area (Å²) in [6.07, 6.45) is 1.44. The number of nitrogens with zero attached hydrogens (tertiary/aromatic N) is 3. The SMILES string of the molecule is Cc1cc(C)n(CCCNCC2CN(C)CCO2)n1. The van der Waals surface area contributed by atoms with E-state index in [1.165, 1.54) is 5.69 Å². The Morgan fingerprint density at radius 2 is 2.32 bits per heavy atom. The first-order valence-corrected chi connectivity index (χ1v) is 7.17. The maximum atomic E-state index is 5.71. The third-order valence-electron chi connectivity index (χ3n) is 3.54. The van der Waals surface area contributed by atoms with Crippen LogP contribution in [-0.2, 0) is 11.3 Å². The van der Waals surface area contributed by atoms with Gasteiger partial charge in [-0.3, -0.25) is 4.68 Å². The second kappa shape index (κ2) is 7.03. The average molecular weight is 266 g/mol. The molecule has 0 spiro atoms. The first-order valence-electron chi connectivity index (χ1n) is 7.17. The zero-order valence-corrected chi connectivity index (χ0v) is 12.4. The summed E-state index contributed by atoms with van der Waals surface area (Å²) in [4.78, 5) is 2.33. The summed E-state index contributed by atoms with van der Waals surface area (Å²) in [6.45, 7) is 10.0. The van der Waals surface area contributed by atoms with Crippen molar-refractivity contribution >= 4 is 0 Å². The van der Waals surface area contributed by atoms with Gasteiger partial charge in [0.1, 0.15) is 0 Å². The van der Waals surface area contributed by atoms with Crippen LogP contribution in [0.3, 0.4) is 0 Å². The minimum atomic E-state index is 0.340. The molecule has 5 heteroatoms. The lowest BCUT2D eigenvalue weighted by Gasteiger charge is -2.30. The molecule has 1 aromatic rings. The largest absolute Gasteiger partial charge is 0.374 e. The standard InChI is InChI=1S/C14H26N4O/c1-12-9-13(2)18(16-12)6-4-5-15-10-14-11-17(3)7-8-19-14/h9,14-15H,4-8,10-11H2,1-3H3. The maximum Gasteiger partial charge on any atom is 0.0826 e. The van der Waals surface area contributed by atoms with Crippen LogP contribution in [0.1, 0.15) is 17.8 Å². The van der Waals surface area contributed by atoms with Crippen molar-refractivity contribution in [2.24, 2.45) is 0 Å². The molecule has 1 atom stereocenters. The van der Waals surface area contributed by atoms with Gasteiger partial charge in [0.25, 0.3) is 0 Å². The zero-order chi connectivity index (χ0) is 13.7. The Bertz CT molecular complexity index is 391. The highest BCUT2D eigenvalue weighted by atomic mass is 16.5. The van der Waals surface area contributed by atoms with E-state index in [0.717, 1.165) is 51.4 Å². The number of aromatic nitrogens is 2. The van der Waals surface area contributed by atoms with Crippen molar-refractivity contribution in [1.29, 1.82) is 0 Å². The molecule has 1 unspecified atom stereocenters. The lowest BCUT2D eigenvalue weighted by molar-refractivity contribution is -0.0180. The van der Waals surface area contributed by atoms with Gasteiger partial charge in [0, 0.05) is 31.9 Å². The quantitative estimate of drug-likeness (QED) is 0.774. The minimum Gasteiger partial charge on any atom is -0.374 e. The van der Waals surface area contributed by atoms with Gasteiger partial charge in [0.05, 0.1) is 18.4 Å². The number of hydrogen-bond acceptors (Lipinski definition) is 4. The van der Waals surface area contributed by atoms with E-state index < -0.39 is 0 Å². The monoisotopic (exact) mass is 266 g/mol. The van der Waals surface area contributed by atoms with Crippen molar-refractivity contribution in [3.05, 3.63) is 17.5 Å². The van der Waals surface area contributed by atoms with E-state index in [4.69, 9.17) is 4.74 Å². The van der Waals surface area contributed by atoms with Crippen molar-refractivity contribution in [2.75, 3.05) is 39.8 Å². The van der Waals surface area contributed by atoms with Crippen LogP contribution in [-0.4, -0.2) is 60.6 Å². The van der Waals surface area contributed by atoms with Crippen LogP contribution in [0.2, 0.25) is 0 Å². The number of ether oxygens (including phenoxy) is 1. The molecular weight excluding hydrogens is 240 g/mol. The molecule has 5 nitrogen and oxygen atoms in total. The van der Waals surface area contributed by atoms with Gasteiger partial charge in [-0.05, 0) is 39.9 Å². The maximum absolute atomic E-state index is 5.71. The summed E-state index contributed by atoms with van der Waals surface area (Å²) >= 11 is 0. The van der Waals surface area contributed by atoms with Gasteiger partial charge >= 0.3 is 0 Å². The van der Waals surface area contributed by atoms with Crippen molar-refractivity contribution < 1.29 is 4.74 Å². The zero-order valence-electron chi connectivity index (χ0n) is 12.4. The summed E-state index contributed by atoms with van der Waals surface area (Å²) in [5.74, 6) is 0. The molecule has 1 saturated heterocycles. The second-order valence-corrected chi connectivity index (χ2v) is 5.46. The lowest BCUT2D eigenvalue weighted by atomic mass is 10.3. The highest BCUT2D eigenvalue weighted by Gasteiger charge is 2.16. The predicted molar refractivity (Wildman–Crippen MR) is 76.4 cm³/mol. The van der Waals surface area contributed by atoms with Crippen molar-refractivity contribution in [1.82, 2.24) is 20.0 Å². The van der Waals surface area contributed by atoms with E-state index in [2.05, 4.69) is 40.0 Å². The van der Waals surface area contributed by atoms with E-state index in [9.17, 15) is 0 Å². The molecular formula is C14H26N4O. The van der Waals surface area contributed by atoms with Crippen LogP contribution in [0.25, 0.3) is 0 Å². The molecule has 2 heterocycles. The molecule has 0 saturated carbocycles. The van der Waals surface area contributed by atoms with Crippen LogP contribution >= 0.6 is 0 Å². The molecule has 1 aromatic heterocycles. The van der Waals surface area contributed by atoms with Gasteiger partial charge < -0.3 is 15.0 Å². The van der Waals surface area contributed by atoms with Gasteiger partial charge in [-0.2, -0.15) is 5.10 Å². The van der Waals surface area contributed by atoms with E-state index in [1.807, 2.05) is 6.92 Å². The molecule has 1 N–H and O–H groups in total. The molecule has 0 radical (unpaired) electrons. The molecule has 19 heavy (non-hydrogen) atoms. The third-order valence-corrected chi connectivity index (χ3v) is 3.54. The minimum absolute atomic E-state index is 0.340. The van der Waals surface area contributed by atoms with Crippen molar-refractivity contribution in [2.45, 2.75) is 32.9 Å². The normalized spacial score (nSPS) is 20.9. The Kier molecular flexibility index (Phi) is 5.36. The third kappa shape index (κ3) is 4.60. The van der Waals surface area contributed by atoms with Crippen LogP contribution in [0.5, 0.6) is 0 Å². The summed E-state index contributed by atoms with van der Waals surface area (Å²) in [5.41, 5.74) is 2.35. The smallest absolute Gasteiger partial charge is 0.0826 e.